The summed E-state index contributed by atoms with van der Waals surface area (Å²) < 4.78 is 28.2. The van der Waals surface area contributed by atoms with Crippen molar-refractivity contribution < 1.29 is 32.5 Å². The van der Waals surface area contributed by atoms with Crippen LogP contribution in [-0.4, -0.2) is 77.1 Å². The summed E-state index contributed by atoms with van der Waals surface area (Å²) in [6.07, 6.45) is 21.2. The number of likely N-dealkylation sites (N-methyl/N-ethyl adjacent to an activating group) is 1. The maximum absolute atomic E-state index is 12.2. The molecule has 0 rings (SSSR count). The molecule has 38 heavy (non-hydrogen) atoms. The van der Waals surface area contributed by atoms with Gasteiger partial charge in [0.1, 0.15) is 13.2 Å². The number of unbranched alkanes of at least 4 members (excludes halogenated alkanes) is 15. The second-order valence-electron chi connectivity index (χ2n) is 12.0. The van der Waals surface area contributed by atoms with E-state index in [1.54, 1.807) is 14.1 Å². The van der Waals surface area contributed by atoms with Crippen molar-refractivity contribution in [2.24, 2.45) is 5.92 Å². The highest BCUT2D eigenvalue weighted by molar-refractivity contribution is 7.45. The fraction of sp³-hybridized carbons (Fsp3) is 0.966. The van der Waals surface area contributed by atoms with Gasteiger partial charge >= 0.3 is 6.09 Å². The lowest BCUT2D eigenvalue weighted by molar-refractivity contribution is -0.870. The SMILES string of the molecule is CCCCCCCCCCCCCCCCCCC(COC(=O)N(C)C)COP(=O)([O-])OCC[N+](C)(C)C. The fourth-order valence-corrected chi connectivity index (χ4v) is 4.95. The molecular weight excluding hydrogens is 503 g/mol. The lowest BCUT2D eigenvalue weighted by atomic mass is 10.0. The molecule has 0 aliphatic carbocycles. The molecule has 0 spiro atoms. The summed E-state index contributed by atoms with van der Waals surface area (Å²) in [5.41, 5.74) is 0. The summed E-state index contributed by atoms with van der Waals surface area (Å²) in [4.78, 5) is 25.3. The number of phosphoric ester groups is 1. The largest absolute Gasteiger partial charge is 0.756 e. The molecule has 0 aromatic carbocycles. The summed E-state index contributed by atoms with van der Waals surface area (Å²) >= 11 is 0. The van der Waals surface area contributed by atoms with Gasteiger partial charge in [-0.05, 0) is 6.42 Å². The van der Waals surface area contributed by atoms with E-state index < -0.39 is 13.9 Å². The summed E-state index contributed by atoms with van der Waals surface area (Å²) in [5, 5.41) is 0. The molecule has 0 saturated heterocycles. The molecule has 0 radical (unpaired) electrons. The van der Waals surface area contributed by atoms with E-state index in [-0.39, 0.29) is 25.7 Å². The Labute approximate surface area is 235 Å². The van der Waals surface area contributed by atoms with Crippen LogP contribution in [0.25, 0.3) is 0 Å². The van der Waals surface area contributed by atoms with E-state index >= 15 is 0 Å². The average molecular weight is 565 g/mol. The molecule has 8 nitrogen and oxygen atoms in total. The van der Waals surface area contributed by atoms with E-state index in [4.69, 9.17) is 13.8 Å². The Hall–Kier alpha value is -0.660. The normalized spacial score (nSPS) is 14.3. The third-order valence-corrected chi connectivity index (χ3v) is 7.72. The summed E-state index contributed by atoms with van der Waals surface area (Å²) in [7, 11) is 4.75. The van der Waals surface area contributed by atoms with Gasteiger partial charge in [0.25, 0.3) is 7.82 Å². The third-order valence-electron chi connectivity index (χ3n) is 6.75. The second-order valence-corrected chi connectivity index (χ2v) is 13.4. The Bertz CT molecular complexity index is 612. The molecule has 0 aliphatic heterocycles. The maximum atomic E-state index is 12.2. The maximum Gasteiger partial charge on any atom is 0.409 e. The monoisotopic (exact) mass is 564 g/mol. The van der Waals surface area contributed by atoms with Gasteiger partial charge in [0.15, 0.2) is 0 Å². The standard InChI is InChI=1S/C29H61N2O6P/c1-7-8-9-10-11-12-13-14-15-16-17-18-19-20-21-22-23-28(26-35-29(32)30(2)3)27-37-38(33,34)36-25-24-31(4,5)6/h28H,7-27H2,1-6H3. The van der Waals surface area contributed by atoms with Gasteiger partial charge in [-0.3, -0.25) is 4.57 Å². The first-order chi connectivity index (χ1) is 18.0. The Morgan fingerprint density at radius 2 is 1.21 bits per heavy atom. The quantitative estimate of drug-likeness (QED) is 0.0629. The van der Waals surface area contributed by atoms with Crippen LogP contribution in [0.2, 0.25) is 0 Å². The molecule has 0 aromatic heterocycles. The Morgan fingerprint density at radius 3 is 1.63 bits per heavy atom. The number of hydrogen-bond acceptors (Lipinski definition) is 6. The first-order valence-electron chi connectivity index (χ1n) is 15.2. The van der Waals surface area contributed by atoms with Crippen LogP contribution in [0.3, 0.4) is 0 Å². The van der Waals surface area contributed by atoms with E-state index in [0.29, 0.717) is 11.0 Å². The Kier molecular flexibility index (Phi) is 22.7. The molecule has 0 aromatic rings. The highest BCUT2D eigenvalue weighted by atomic mass is 31.2. The summed E-state index contributed by atoms with van der Waals surface area (Å²) in [5.74, 6) is -0.185. The van der Waals surface area contributed by atoms with Crippen molar-refractivity contribution in [1.82, 2.24) is 4.90 Å². The first kappa shape index (κ1) is 37.3. The number of hydrogen-bond donors (Lipinski definition) is 0. The minimum absolute atomic E-state index is 0.0371. The van der Waals surface area contributed by atoms with Crippen LogP contribution in [0, 0.1) is 5.92 Å². The zero-order valence-electron chi connectivity index (χ0n) is 25.7. The number of ether oxygens (including phenoxy) is 1. The van der Waals surface area contributed by atoms with Gasteiger partial charge in [-0.15, -0.1) is 0 Å². The molecule has 0 saturated carbocycles. The van der Waals surface area contributed by atoms with Gasteiger partial charge in [0.2, 0.25) is 0 Å². The minimum atomic E-state index is -4.39. The van der Waals surface area contributed by atoms with Crippen molar-refractivity contribution in [1.29, 1.82) is 0 Å². The van der Waals surface area contributed by atoms with E-state index in [0.717, 1.165) is 19.3 Å². The van der Waals surface area contributed by atoms with Gasteiger partial charge in [0, 0.05) is 20.0 Å². The van der Waals surface area contributed by atoms with E-state index in [2.05, 4.69) is 6.92 Å². The molecule has 228 valence electrons. The van der Waals surface area contributed by atoms with E-state index in [9.17, 15) is 14.3 Å². The predicted molar refractivity (Wildman–Crippen MR) is 155 cm³/mol. The summed E-state index contributed by atoms with van der Waals surface area (Å²) in [6.45, 7) is 2.99. The predicted octanol–water partition coefficient (Wildman–Crippen LogP) is 7.16. The van der Waals surface area contributed by atoms with Crippen LogP contribution < -0.4 is 4.89 Å². The van der Waals surface area contributed by atoms with Crippen LogP contribution in [-0.2, 0) is 18.3 Å². The number of nitrogens with zero attached hydrogens (tertiary/aromatic N) is 2. The number of carbonyl (C=O) groups is 1. The highest BCUT2D eigenvalue weighted by Gasteiger charge is 2.19. The molecule has 2 atom stereocenters. The zero-order valence-corrected chi connectivity index (χ0v) is 26.6. The van der Waals surface area contributed by atoms with Crippen LogP contribution in [0.15, 0.2) is 0 Å². The smallest absolute Gasteiger partial charge is 0.409 e. The van der Waals surface area contributed by atoms with E-state index in [1.165, 1.54) is 94.8 Å². The van der Waals surface area contributed by atoms with Gasteiger partial charge in [-0.25, -0.2) is 4.79 Å². The molecule has 0 aliphatic rings. The molecular formula is C29H61N2O6P. The van der Waals surface area contributed by atoms with Gasteiger partial charge in [-0.2, -0.15) is 0 Å². The average Bonchev–Trinajstić information content (AvgIpc) is 2.83. The number of phosphoric acid groups is 1. The molecule has 1 amide bonds. The minimum Gasteiger partial charge on any atom is -0.756 e. The summed E-state index contributed by atoms with van der Waals surface area (Å²) in [6, 6.07) is 0. The third kappa shape index (κ3) is 25.6. The first-order valence-corrected chi connectivity index (χ1v) is 16.7. The van der Waals surface area contributed by atoms with Crippen LogP contribution in [0.5, 0.6) is 0 Å². The van der Waals surface area contributed by atoms with Crippen molar-refractivity contribution in [2.75, 3.05) is 61.6 Å². The van der Waals surface area contributed by atoms with Crippen molar-refractivity contribution in [3.63, 3.8) is 0 Å². The molecule has 9 heteroatoms. The van der Waals surface area contributed by atoms with Gasteiger partial charge in [-0.1, -0.05) is 110 Å². The number of amides is 1. The van der Waals surface area contributed by atoms with Gasteiger partial charge in [0.05, 0.1) is 34.4 Å². The zero-order chi connectivity index (χ0) is 28.7. The molecule has 0 heterocycles. The van der Waals surface area contributed by atoms with Crippen LogP contribution in [0.1, 0.15) is 116 Å². The van der Waals surface area contributed by atoms with Crippen molar-refractivity contribution >= 4 is 13.9 Å². The Morgan fingerprint density at radius 1 is 0.763 bits per heavy atom. The topological polar surface area (TPSA) is 88.1 Å². The lowest BCUT2D eigenvalue weighted by Crippen LogP contribution is -2.37. The van der Waals surface area contributed by atoms with Gasteiger partial charge < -0.3 is 28.1 Å². The lowest BCUT2D eigenvalue weighted by Gasteiger charge is -2.28. The van der Waals surface area contributed by atoms with Crippen molar-refractivity contribution in [3.05, 3.63) is 0 Å². The van der Waals surface area contributed by atoms with Crippen molar-refractivity contribution in [2.45, 2.75) is 116 Å². The number of carbonyl (C=O) groups excluding carboxylic acids is 1. The molecule has 2 unspecified atom stereocenters. The van der Waals surface area contributed by atoms with Crippen molar-refractivity contribution in [3.8, 4) is 0 Å². The van der Waals surface area contributed by atoms with E-state index in [1.807, 2.05) is 21.1 Å². The second kappa shape index (κ2) is 23.1. The van der Waals surface area contributed by atoms with Crippen LogP contribution in [0.4, 0.5) is 4.79 Å². The number of rotatable bonds is 26. The molecule has 0 fully saturated rings. The Balaban J connectivity index is 4.03. The number of quaternary nitrogens is 1. The fourth-order valence-electron chi connectivity index (χ4n) is 4.17. The molecule has 0 bridgehead atoms. The van der Waals surface area contributed by atoms with Crippen LogP contribution >= 0.6 is 7.82 Å². The highest BCUT2D eigenvalue weighted by Crippen LogP contribution is 2.39. The molecule has 0 N–H and O–H groups in total.